The SMILES string of the molecule is COc1ccc(C(C)n2c(C)nc3cc(N)ccc32)cc1. The molecule has 0 bridgehead atoms. The molecule has 0 saturated carbocycles. The summed E-state index contributed by atoms with van der Waals surface area (Å²) in [4.78, 5) is 4.61. The molecule has 108 valence electrons. The highest BCUT2D eigenvalue weighted by molar-refractivity contribution is 5.80. The van der Waals surface area contributed by atoms with E-state index in [9.17, 15) is 0 Å². The number of nitrogens with two attached hydrogens (primary N) is 1. The second-order valence-corrected chi connectivity index (χ2v) is 5.23. The minimum atomic E-state index is 0.199. The Bertz CT molecular complexity index is 775. The molecule has 1 heterocycles. The largest absolute Gasteiger partial charge is 0.497 e. The van der Waals surface area contributed by atoms with Crippen LogP contribution < -0.4 is 10.5 Å². The van der Waals surface area contributed by atoms with Crippen molar-refractivity contribution in [3.63, 3.8) is 0 Å². The van der Waals surface area contributed by atoms with E-state index in [-0.39, 0.29) is 6.04 Å². The fraction of sp³-hybridized carbons (Fsp3) is 0.235. The summed E-state index contributed by atoms with van der Waals surface area (Å²) in [6, 6.07) is 14.2. The summed E-state index contributed by atoms with van der Waals surface area (Å²) < 4.78 is 7.45. The summed E-state index contributed by atoms with van der Waals surface area (Å²) in [5, 5.41) is 0. The second kappa shape index (κ2) is 5.13. The molecule has 1 aromatic heterocycles. The maximum absolute atomic E-state index is 5.84. The van der Waals surface area contributed by atoms with E-state index in [1.54, 1.807) is 7.11 Å². The van der Waals surface area contributed by atoms with Crippen LogP contribution in [0.15, 0.2) is 42.5 Å². The highest BCUT2D eigenvalue weighted by Gasteiger charge is 2.15. The van der Waals surface area contributed by atoms with Crippen LogP contribution in [-0.4, -0.2) is 16.7 Å². The van der Waals surface area contributed by atoms with Crippen molar-refractivity contribution in [2.75, 3.05) is 12.8 Å². The van der Waals surface area contributed by atoms with Gasteiger partial charge in [-0.3, -0.25) is 0 Å². The van der Waals surface area contributed by atoms with Gasteiger partial charge in [0.25, 0.3) is 0 Å². The standard InChI is InChI=1S/C17H19N3O/c1-11(13-4-7-15(21-3)8-5-13)20-12(2)19-16-10-14(18)6-9-17(16)20/h4-11H,18H2,1-3H3. The number of hydrogen-bond acceptors (Lipinski definition) is 3. The fourth-order valence-corrected chi connectivity index (χ4v) is 2.76. The predicted octanol–water partition coefficient (Wildman–Crippen LogP) is 3.54. The molecule has 1 atom stereocenters. The number of ether oxygens (including phenoxy) is 1. The van der Waals surface area contributed by atoms with Crippen molar-refractivity contribution in [1.29, 1.82) is 0 Å². The molecule has 2 N–H and O–H groups in total. The molecule has 0 saturated heterocycles. The molecule has 0 spiro atoms. The van der Waals surface area contributed by atoms with Crippen molar-refractivity contribution >= 4 is 16.7 Å². The highest BCUT2D eigenvalue weighted by Crippen LogP contribution is 2.27. The van der Waals surface area contributed by atoms with E-state index in [0.717, 1.165) is 28.3 Å². The summed E-state index contributed by atoms with van der Waals surface area (Å²) in [5.74, 6) is 1.85. The normalized spacial score (nSPS) is 12.5. The second-order valence-electron chi connectivity index (χ2n) is 5.23. The maximum atomic E-state index is 5.84. The average Bonchev–Trinajstić information content (AvgIpc) is 2.81. The van der Waals surface area contributed by atoms with E-state index in [1.807, 2.05) is 37.3 Å². The van der Waals surface area contributed by atoms with Crippen molar-refractivity contribution in [3.8, 4) is 5.75 Å². The molecule has 0 fully saturated rings. The van der Waals surface area contributed by atoms with Gasteiger partial charge in [0, 0.05) is 5.69 Å². The van der Waals surface area contributed by atoms with E-state index < -0.39 is 0 Å². The van der Waals surface area contributed by atoms with Crippen molar-refractivity contribution < 1.29 is 4.74 Å². The molecular formula is C17H19N3O. The number of anilines is 1. The highest BCUT2D eigenvalue weighted by atomic mass is 16.5. The lowest BCUT2D eigenvalue weighted by Crippen LogP contribution is -2.08. The smallest absolute Gasteiger partial charge is 0.118 e. The lowest BCUT2D eigenvalue weighted by atomic mass is 10.1. The van der Waals surface area contributed by atoms with Gasteiger partial charge in [-0.15, -0.1) is 0 Å². The van der Waals surface area contributed by atoms with Crippen LogP contribution in [0.25, 0.3) is 11.0 Å². The zero-order valence-corrected chi connectivity index (χ0v) is 12.5. The molecule has 3 rings (SSSR count). The van der Waals surface area contributed by atoms with E-state index in [0.29, 0.717) is 0 Å². The Balaban J connectivity index is 2.07. The first-order valence-corrected chi connectivity index (χ1v) is 6.98. The van der Waals surface area contributed by atoms with Crippen LogP contribution >= 0.6 is 0 Å². The molecule has 4 heteroatoms. The van der Waals surface area contributed by atoms with Gasteiger partial charge >= 0.3 is 0 Å². The number of methoxy groups -OCH3 is 1. The van der Waals surface area contributed by atoms with Gasteiger partial charge in [-0.25, -0.2) is 4.98 Å². The zero-order chi connectivity index (χ0) is 15.0. The molecular weight excluding hydrogens is 262 g/mol. The Labute approximate surface area is 124 Å². The monoisotopic (exact) mass is 281 g/mol. The van der Waals surface area contributed by atoms with Gasteiger partial charge in [0.1, 0.15) is 11.6 Å². The molecule has 3 aromatic rings. The lowest BCUT2D eigenvalue weighted by molar-refractivity contribution is 0.414. The Kier molecular flexibility index (Phi) is 3.29. The molecule has 4 nitrogen and oxygen atoms in total. The first kappa shape index (κ1) is 13.5. The Morgan fingerprint density at radius 3 is 2.52 bits per heavy atom. The van der Waals surface area contributed by atoms with Gasteiger partial charge in [0.05, 0.1) is 24.2 Å². The van der Waals surface area contributed by atoms with Crippen LogP contribution in [0.5, 0.6) is 5.75 Å². The molecule has 0 aliphatic rings. The van der Waals surface area contributed by atoms with Gasteiger partial charge in [-0.05, 0) is 49.7 Å². The number of benzene rings is 2. The van der Waals surface area contributed by atoms with Crippen LogP contribution in [0.1, 0.15) is 24.4 Å². The Morgan fingerprint density at radius 2 is 1.86 bits per heavy atom. The lowest BCUT2D eigenvalue weighted by Gasteiger charge is -2.17. The molecule has 0 aliphatic carbocycles. The third kappa shape index (κ3) is 2.33. The molecule has 1 unspecified atom stereocenters. The van der Waals surface area contributed by atoms with Gasteiger partial charge < -0.3 is 15.0 Å². The molecule has 0 radical (unpaired) electrons. The number of aryl methyl sites for hydroxylation is 1. The van der Waals surface area contributed by atoms with Crippen molar-refractivity contribution in [2.24, 2.45) is 0 Å². The van der Waals surface area contributed by atoms with Crippen LogP contribution in [0.2, 0.25) is 0 Å². The summed E-state index contributed by atoms with van der Waals surface area (Å²) in [7, 11) is 1.68. The maximum Gasteiger partial charge on any atom is 0.118 e. The third-order valence-corrected chi connectivity index (χ3v) is 3.88. The quantitative estimate of drug-likeness (QED) is 0.747. The zero-order valence-electron chi connectivity index (χ0n) is 12.5. The number of aromatic nitrogens is 2. The van der Waals surface area contributed by atoms with Gasteiger partial charge in [-0.2, -0.15) is 0 Å². The molecule has 21 heavy (non-hydrogen) atoms. The molecule has 2 aromatic carbocycles. The van der Waals surface area contributed by atoms with Crippen LogP contribution in [0.4, 0.5) is 5.69 Å². The number of hydrogen-bond donors (Lipinski definition) is 1. The minimum Gasteiger partial charge on any atom is -0.497 e. The summed E-state index contributed by atoms with van der Waals surface area (Å²) in [6.45, 7) is 4.20. The van der Waals surface area contributed by atoms with E-state index in [1.165, 1.54) is 5.56 Å². The van der Waals surface area contributed by atoms with Crippen LogP contribution in [0, 0.1) is 6.92 Å². The van der Waals surface area contributed by atoms with Crippen LogP contribution in [0.3, 0.4) is 0 Å². The number of imidazole rings is 1. The predicted molar refractivity (Wildman–Crippen MR) is 85.7 cm³/mol. The van der Waals surface area contributed by atoms with E-state index >= 15 is 0 Å². The first-order chi connectivity index (χ1) is 10.1. The minimum absolute atomic E-state index is 0.199. The van der Waals surface area contributed by atoms with Crippen molar-refractivity contribution in [2.45, 2.75) is 19.9 Å². The van der Waals surface area contributed by atoms with Crippen molar-refractivity contribution in [1.82, 2.24) is 9.55 Å². The summed E-state index contributed by atoms with van der Waals surface area (Å²) in [5.41, 5.74) is 9.84. The van der Waals surface area contributed by atoms with E-state index in [4.69, 9.17) is 10.5 Å². The third-order valence-electron chi connectivity index (χ3n) is 3.88. The summed E-state index contributed by atoms with van der Waals surface area (Å²) in [6.07, 6.45) is 0. The van der Waals surface area contributed by atoms with Gasteiger partial charge in [0.2, 0.25) is 0 Å². The Morgan fingerprint density at radius 1 is 1.14 bits per heavy atom. The van der Waals surface area contributed by atoms with Gasteiger partial charge in [0.15, 0.2) is 0 Å². The topological polar surface area (TPSA) is 53.1 Å². The number of rotatable bonds is 3. The van der Waals surface area contributed by atoms with E-state index in [2.05, 4.69) is 28.6 Å². The fourth-order valence-electron chi connectivity index (χ4n) is 2.76. The van der Waals surface area contributed by atoms with Crippen LogP contribution in [-0.2, 0) is 0 Å². The number of fused-ring (bicyclic) bond motifs is 1. The molecule has 0 aliphatic heterocycles. The number of nitrogen functional groups attached to an aromatic ring is 1. The summed E-state index contributed by atoms with van der Waals surface area (Å²) >= 11 is 0. The van der Waals surface area contributed by atoms with Gasteiger partial charge in [-0.1, -0.05) is 12.1 Å². The number of nitrogens with zero attached hydrogens (tertiary/aromatic N) is 2. The Hall–Kier alpha value is -2.49. The first-order valence-electron chi connectivity index (χ1n) is 6.98. The average molecular weight is 281 g/mol. The van der Waals surface area contributed by atoms with Crippen molar-refractivity contribution in [3.05, 3.63) is 53.9 Å². The molecule has 0 amide bonds.